The third-order valence-corrected chi connectivity index (χ3v) is 2.95. The summed E-state index contributed by atoms with van der Waals surface area (Å²) in [5.74, 6) is -8.92. The van der Waals surface area contributed by atoms with Crippen LogP contribution in [0, 0.1) is 0 Å². The summed E-state index contributed by atoms with van der Waals surface area (Å²) < 4.78 is 62.5. The van der Waals surface area contributed by atoms with Gasteiger partial charge in [-0.3, -0.25) is 4.79 Å². The summed E-state index contributed by atoms with van der Waals surface area (Å²) in [6.45, 7) is 0. The van der Waals surface area contributed by atoms with Crippen LogP contribution in [0.1, 0.15) is 16.1 Å². The van der Waals surface area contributed by atoms with Gasteiger partial charge in [-0.1, -0.05) is 11.6 Å². The Labute approximate surface area is 113 Å². The molecule has 1 aliphatic carbocycles. The number of halogens is 6. The Bertz CT molecular complexity index is 624. The molecule has 0 unspecified atom stereocenters. The number of carbonyl (C=O) groups excluding carboxylic acids is 1. The lowest BCUT2D eigenvalue weighted by Gasteiger charge is -2.19. The molecule has 0 bridgehead atoms. The lowest BCUT2D eigenvalue weighted by atomic mass is 10.1. The van der Waals surface area contributed by atoms with Gasteiger partial charge < -0.3 is 5.11 Å². The van der Waals surface area contributed by atoms with Crippen LogP contribution >= 0.6 is 11.6 Å². The Hall–Kier alpha value is -1.70. The highest BCUT2D eigenvalue weighted by Gasteiger charge is 2.62. The van der Waals surface area contributed by atoms with E-state index in [9.17, 15) is 26.7 Å². The average Bonchev–Trinajstić information content (AvgIpc) is 2.63. The number of aliphatic hydroxyl groups is 1. The molecule has 1 N–H and O–H groups in total. The number of pyridine rings is 1. The Morgan fingerprint density at radius 2 is 1.85 bits per heavy atom. The second-order valence-electron chi connectivity index (χ2n) is 4.03. The van der Waals surface area contributed by atoms with E-state index in [2.05, 4.69) is 4.98 Å². The SMILES string of the molecule is O=C1/C(=C(\O)C(F)(F)C(F)(F)F)Cc2nc(Cl)ccc21. The predicted molar refractivity (Wildman–Crippen MR) is 57.9 cm³/mol. The topological polar surface area (TPSA) is 50.2 Å². The van der Waals surface area contributed by atoms with Crippen LogP contribution in [-0.2, 0) is 6.42 Å². The molecule has 0 fully saturated rings. The van der Waals surface area contributed by atoms with Gasteiger partial charge in [0.1, 0.15) is 5.15 Å². The quantitative estimate of drug-likeness (QED) is 0.374. The molecule has 1 aromatic heterocycles. The van der Waals surface area contributed by atoms with Gasteiger partial charge in [0.15, 0.2) is 11.5 Å². The molecule has 0 radical (unpaired) electrons. The number of hydrogen-bond donors (Lipinski definition) is 1. The molecule has 3 nitrogen and oxygen atoms in total. The summed E-state index contributed by atoms with van der Waals surface area (Å²) in [6, 6.07) is 2.35. The zero-order chi connectivity index (χ0) is 15.3. The molecule has 9 heteroatoms. The smallest absolute Gasteiger partial charge is 0.461 e. The molecule has 0 saturated carbocycles. The molecule has 0 amide bonds. The molecular weight excluding hydrogens is 309 g/mol. The molecule has 20 heavy (non-hydrogen) atoms. The Morgan fingerprint density at radius 1 is 1.25 bits per heavy atom. The molecule has 0 aromatic carbocycles. The number of Topliss-reactive ketones (excluding diaryl/α,β-unsaturated/α-hetero) is 1. The summed E-state index contributed by atoms with van der Waals surface area (Å²) in [7, 11) is 0. The maximum absolute atomic E-state index is 13.0. The molecule has 1 aromatic rings. The van der Waals surface area contributed by atoms with Crippen LogP contribution in [0.25, 0.3) is 0 Å². The minimum atomic E-state index is -6.00. The summed E-state index contributed by atoms with van der Waals surface area (Å²) in [5.41, 5.74) is -1.24. The standard InChI is InChI=1S/C11H5ClF5NO2/c12-7-2-1-4-6(18-7)3-5(8(4)19)9(20)10(13,14)11(15,16)17/h1-2,20H,3H2/b9-5-. The molecular formula is C11H5ClF5NO2. The van der Waals surface area contributed by atoms with Gasteiger partial charge in [-0.15, -0.1) is 0 Å². The number of fused-ring (bicyclic) bond motifs is 1. The fourth-order valence-electron chi connectivity index (χ4n) is 1.74. The van der Waals surface area contributed by atoms with E-state index in [0.29, 0.717) is 0 Å². The van der Waals surface area contributed by atoms with Crippen molar-refractivity contribution in [2.75, 3.05) is 0 Å². The first-order valence-corrected chi connectivity index (χ1v) is 5.50. The van der Waals surface area contributed by atoms with E-state index in [4.69, 9.17) is 16.7 Å². The van der Waals surface area contributed by atoms with E-state index in [-0.39, 0.29) is 16.4 Å². The van der Waals surface area contributed by atoms with Crippen LogP contribution in [0.15, 0.2) is 23.5 Å². The Morgan fingerprint density at radius 3 is 2.40 bits per heavy atom. The molecule has 1 heterocycles. The number of rotatable bonds is 1. The van der Waals surface area contributed by atoms with E-state index < -0.39 is 35.6 Å². The van der Waals surface area contributed by atoms with Gasteiger partial charge >= 0.3 is 12.1 Å². The molecule has 1 aliphatic rings. The maximum atomic E-state index is 13.0. The van der Waals surface area contributed by atoms with Gasteiger partial charge in [0.2, 0.25) is 0 Å². The minimum absolute atomic E-state index is 0.0418. The first-order chi connectivity index (χ1) is 9.05. The molecule has 0 atom stereocenters. The van der Waals surface area contributed by atoms with E-state index >= 15 is 0 Å². The molecule has 0 saturated heterocycles. The number of ketones is 1. The molecule has 108 valence electrons. The Balaban J connectivity index is 2.52. The number of hydrogen-bond acceptors (Lipinski definition) is 3. The number of aromatic nitrogens is 1. The van der Waals surface area contributed by atoms with Crippen molar-refractivity contribution in [1.29, 1.82) is 0 Å². The summed E-state index contributed by atoms with van der Waals surface area (Å²) in [5, 5.41) is 9.11. The zero-order valence-electron chi connectivity index (χ0n) is 9.43. The van der Waals surface area contributed by atoms with Crippen molar-refractivity contribution >= 4 is 17.4 Å². The van der Waals surface area contributed by atoms with Gasteiger partial charge in [-0.2, -0.15) is 22.0 Å². The minimum Gasteiger partial charge on any atom is -0.506 e. The summed E-state index contributed by atoms with van der Waals surface area (Å²) in [4.78, 5) is 15.4. The first kappa shape index (κ1) is 14.7. The van der Waals surface area contributed by atoms with Crippen LogP contribution in [0.5, 0.6) is 0 Å². The van der Waals surface area contributed by atoms with Crippen molar-refractivity contribution < 1.29 is 31.9 Å². The van der Waals surface area contributed by atoms with Gasteiger partial charge in [-0.25, -0.2) is 4.98 Å². The molecule has 2 rings (SSSR count). The second-order valence-corrected chi connectivity index (χ2v) is 4.42. The largest absolute Gasteiger partial charge is 0.506 e. The van der Waals surface area contributed by atoms with Crippen molar-refractivity contribution in [3.63, 3.8) is 0 Å². The van der Waals surface area contributed by atoms with Crippen molar-refractivity contribution in [1.82, 2.24) is 4.98 Å². The van der Waals surface area contributed by atoms with Gasteiger partial charge in [0.25, 0.3) is 0 Å². The van der Waals surface area contributed by atoms with Crippen LogP contribution in [-0.4, -0.2) is 28.0 Å². The lowest BCUT2D eigenvalue weighted by molar-refractivity contribution is -0.274. The highest BCUT2D eigenvalue weighted by Crippen LogP contribution is 2.43. The third-order valence-electron chi connectivity index (χ3n) is 2.74. The number of allylic oxidation sites excluding steroid dienone is 2. The molecule has 0 spiro atoms. The van der Waals surface area contributed by atoms with E-state index in [1.165, 1.54) is 6.07 Å². The monoisotopic (exact) mass is 313 g/mol. The fraction of sp³-hybridized carbons (Fsp3) is 0.273. The number of nitrogens with zero attached hydrogens (tertiary/aromatic N) is 1. The lowest BCUT2D eigenvalue weighted by Crippen LogP contribution is -2.39. The van der Waals surface area contributed by atoms with Gasteiger partial charge in [0, 0.05) is 12.0 Å². The fourth-order valence-corrected chi connectivity index (χ4v) is 1.91. The summed E-state index contributed by atoms with van der Waals surface area (Å²) in [6.07, 6.45) is -6.63. The van der Waals surface area contributed by atoms with Crippen molar-refractivity contribution in [2.24, 2.45) is 0 Å². The Kier molecular flexibility index (Phi) is 3.24. The molecule has 0 aliphatic heterocycles. The van der Waals surface area contributed by atoms with E-state index in [1.54, 1.807) is 0 Å². The number of carbonyl (C=O) groups is 1. The van der Waals surface area contributed by atoms with Gasteiger partial charge in [-0.05, 0) is 12.1 Å². The van der Waals surface area contributed by atoms with E-state index in [0.717, 1.165) is 6.07 Å². The highest BCUT2D eigenvalue weighted by molar-refractivity contribution is 6.29. The van der Waals surface area contributed by atoms with Crippen LogP contribution in [0.3, 0.4) is 0 Å². The van der Waals surface area contributed by atoms with Crippen molar-refractivity contribution in [3.8, 4) is 0 Å². The predicted octanol–water partition coefficient (Wildman–Crippen LogP) is 3.48. The third kappa shape index (κ3) is 2.13. The second kappa shape index (κ2) is 4.41. The zero-order valence-corrected chi connectivity index (χ0v) is 10.2. The van der Waals surface area contributed by atoms with Crippen LogP contribution < -0.4 is 0 Å². The first-order valence-electron chi connectivity index (χ1n) is 5.13. The van der Waals surface area contributed by atoms with Gasteiger partial charge in [0.05, 0.1) is 11.3 Å². The number of aliphatic hydroxyl groups excluding tert-OH is 1. The van der Waals surface area contributed by atoms with Crippen LogP contribution in [0.2, 0.25) is 5.15 Å². The van der Waals surface area contributed by atoms with Crippen LogP contribution in [0.4, 0.5) is 22.0 Å². The summed E-state index contributed by atoms with van der Waals surface area (Å²) >= 11 is 5.53. The van der Waals surface area contributed by atoms with Crippen molar-refractivity contribution in [3.05, 3.63) is 39.9 Å². The van der Waals surface area contributed by atoms with Crippen molar-refractivity contribution in [2.45, 2.75) is 18.5 Å². The number of alkyl halides is 5. The maximum Gasteiger partial charge on any atom is 0.461 e. The normalized spacial score (nSPS) is 18.2. The average molecular weight is 314 g/mol. The highest BCUT2D eigenvalue weighted by atomic mass is 35.5. The van der Waals surface area contributed by atoms with E-state index in [1.807, 2.05) is 0 Å².